The van der Waals surface area contributed by atoms with Gasteiger partial charge in [-0.1, -0.05) is 386 Å². The van der Waals surface area contributed by atoms with Gasteiger partial charge >= 0.3 is 5.97 Å². The predicted octanol–water partition coefficient (Wildman–Crippen LogP) is 15.6. The fourth-order valence-corrected chi connectivity index (χ4v) is 16.6. The SMILES string of the molecule is CCCCCCCCCCCCCCCCCCCCCCC/C=C/C(O)C(COC1OC(CO)C(OC2OC(CO)C(O)C(OC3(C(=O)O)CC(O)C(NC(C)=O)C(C(O)C(O)CO)O3)C2O)C(O)C1O)NC(=O)CCCCCCCCCCCCCCCCCCCCCCCCCCCCCCCCCCCCCCC. The van der Waals surface area contributed by atoms with Crippen LogP contribution in [0.4, 0.5) is 0 Å². The van der Waals surface area contributed by atoms with Gasteiger partial charge in [0.1, 0.15) is 67.1 Å². The minimum absolute atomic E-state index is 0.206. The standard InChI is InChI=1S/C91H172N2O21/c1-4-6-8-10-12-14-16-18-20-22-24-26-28-29-30-31-32-33-34-35-36-37-38-39-40-41-43-45-47-49-51-53-55-57-59-61-63-65-78(101)93-72(73(98)64-62-60-58-56-54-52-50-48-46-44-42-27-25-23-21-19-17-15-13-11-9-7-5-2)70-109-88-83(105)82(104)85(77(69-96)111-88)112-89-84(106)87(81(103)76(68-95)110-89)114-91(90(107)108)66-74(99)79(92-71(3)97)86(113-91)80(102)75(100)67-94/h62,64,72-77,79-89,94-96,98-100,102-106H,4-61,63,65-70H2,1-3H3,(H,92,97)(H,93,101)(H,107,108)/b64-62+. The Kier molecular flexibility index (Phi) is 64.0. The van der Waals surface area contributed by atoms with Gasteiger partial charge in [0.25, 0.3) is 5.79 Å². The Morgan fingerprint density at radius 2 is 0.816 bits per heavy atom. The third kappa shape index (κ3) is 47.0. The van der Waals surface area contributed by atoms with Crippen molar-refractivity contribution in [2.24, 2.45) is 0 Å². The summed E-state index contributed by atoms with van der Waals surface area (Å²) in [5.41, 5.74) is 0. The molecule has 18 atom stereocenters. The number of hydrogen-bond donors (Lipinski definition) is 14. The third-order valence-electron chi connectivity index (χ3n) is 24.0. The van der Waals surface area contributed by atoms with E-state index < -0.39 is 155 Å². The second kappa shape index (κ2) is 69.0. The van der Waals surface area contributed by atoms with Crippen LogP contribution >= 0.6 is 0 Å². The van der Waals surface area contributed by atoms with Gasteiger partial charge in [0, 0.05) is 19.8 Å². The number of aliphatic carboxylic acids is 1. The number of ether oxygens (including phenoxy) is 6. The van der Waals surface area contributed by atoms with E-state index in [9.17, 15) is 75.7 Å². The number of allylic oxidation sites excluding steroid dienone is 1. The molecule has 3 aliphatic rings. The summed E-state index contributed by atoms with van der Waals surface area (Å²) in [4.78, 5) is 38.8. The van der Waals surface area contributed by atoms with Crippen molar-refractivity contribution in [3.8, 4) is 0 Å². The molecule has 2 amide bonds. The van der Waals surface area contributed by atoms with Crippen LogP contribution < -0.4 is 10.6 Å². The number of carboxylic acid groups (broad SMARTS) is 1. The Hall–Kier alpha value is -2.53. The molecule has 18 unspecified atom stereocenters. The van der Waals surface area contributed by atoms with Crippen molar-refractivity contribution < 1.29 is 104 Å². The highest BCUT2D eigenvalue weighted by atomic mass is 16.8. The summed E-state index contributed by atoms with van der Waals surface area (Å²) < 4.78 is 35.0. The van der Waals surface area contributed by atoms with Crippen LogP contribution in [0.15, 0.2) is 12.2 Å². The van der Waals surface area contributed by atoms with E-state index in [4.69, 9.17) is 28.4 Å². The lowest BCUT2D eigenvalue weighted by Gasteiger charge is -2.50. The molecule has 0 bridgehead atoms. The maximum atomic E-state index is 13.6. The topological polar surface area (TPSA) is 373 Å². The van der Waals surface area contributed by atoms with Gasteiger partial charge in [-0.2, -0.15) is 0 Å². The smallest absolute Gasteiger partial charge is 0.364 e. The van der Waals surface area contributed by atoms with E-state index in [-0.39, 0.29) is 12.3 Å². The predicted molar refractivity (Wildman–Crippen MR) is 449 cm³/mol. The molecule has 3 aliphatic heterocycles. The van der Waals surface area contributed by atoms with Gasteiger partial charge in [0.2, 0.25) is 11.8 Å². The molecular weight excluding hydrogens is 1460 g/mol. The average molecular weight is 1630 g/mol. The molecule has 14 N–H and O–H groups in total. The van der Waals surface area contributed by atoms with E-state index in [2.05, 4.69) is 24.5 Å². The van der Waals surface area contributed by atoms with Gasteiger partial charge in [-0.15, -0.1) is 0 Å². The van der Waals surface area contributed by atoms with Gasteiger partial charge in [0.15, 0.2) is 12.6 Å². The monoisotopic (exact) mass is 1630 g/mol. The first kappa shape index (κ1) is 106. The first-order chi connectivity index (χ1) is 55.4. The molecule has 3 fully saturated rings. The zero-order valence-electron chi connectivity index (χ0n) is 72.0. The molecule has 0 aromatic heterocycles. The second-order valence-corrected chi connectivity index (χ2v) is 34.2. The number of carboxylic acids is 1. The van der Waals surface area contributed by atoms with E-state index in [1.165, 1.54) is 321 Å². The summed E-state index contributed by atoms with van der Waals surface area (Å²) >= 11 is 0. The van der Waals surface area contributed by atoms with Gasteiger partial charge in [0.05, 0.1) is 50.7 Å². The lowest BCUT2D eigenvalue weighted by Crippen LogP contribution is -2.70. The molecule has 0 aromatic rings. The fraction of sp³-hybridized carbons (Fsp3) is 0.945. The maximum Gasteiger partial charge on any atom is 0.364 e. The first-order valence-electron chi connectivity index (χ1n) is 47.1. The van der Waals surface area contributed by atoms with Crippen LogP contribution in [0, 0.1) is 0 Å². The van der Waals surface area contributed by atoms with E-state index >= 15 is 0 Å². The Morgan fingerprint density at radius 3 is 1.17 bits per heavy atom. The summed E-state index contributed by atoms with van der Waals surface area (Å²) in [6, 6.07) is -2.62. The van der Waals surface area contributed by atoms with Crippen molar-refractivity contribution in [1.82, 2.24) is 10.6 Å². The van der Waals surface area contributed by atoms with E-state index in [1.54, 1.807) is 6.08 Å². The summed E-state index contributed by atoms with van der Waals surface area (Å²) in [5, 5.41) is 137. The van der Waals surface area contributed by atoms with E-state index in [1.807, 2.05) is 6.08 Å². The highest BCUT2D eigenvalue weighted by Crippen LogP contribution is 2.39. The molecule has 3 saturated heterocycles. The molecule has 0 spiro atoms. The number of aliphatic hydroxyl groups is 11. The average Bonchev–Trinajstić information content (AvgIpc) is 0.754. The fourth-order valence-electron chi connectivity index (χ4n) is 16.6. The molecule has 23 heteroatoms. The molecule has 3 heterocycles. The van der Waals surface area contributed by atoms with Crippen molar-refractivity contribution in [3.05, 3.63) is 12.2 Å². The Balaban J connectivity index is 1.41. The van der Waals surface area contributed by atoms with Gasteiger partial charge in [-0.25, -0.2) is 4.79 Å². The number of nitrogens with one attached hydrogen (secondary N) is 2. The van der Waals surface area contributed by atoms with Crippen LogP contribution in [0.25, 0.3) is 0 Å². The van der Waals surface area contributed by atoms with Crippen molar-refractivity contribution in [2.75, 3.05) is 26.4 Å². The van der Waals surface area contributed by atoms with Crippen molar-refractivity contribution in [3.63, 3.8) is 0 Å². The minimum atomic E-state index is -3.08. The molecule has 0 radical (unpaired) electrons. The zero-order chi connectivity index (χ0) is 83.1. The largest absolute Gasteiger partial charge is 0.477 e. The van der Waals surface area contributed by atoms with Crippen LogP contribution in [-0.4, -0.2) is 215 Å². The van der Waals surface area contributed by atoms with E-state index in [0.717, 1.165) is 51.9 Å². The van der Waals surface area contributed by atoms with Crippen molar-refractivity contribution >= 4 is 17.8 Å². The third-order valence-corrected chi connectivity index (χ3v) is 24.0. The second-order valence-electron chi connectivity index (χ2n) is 34.2. The Bertz CT molecular complexity index is 2300. The van der Waals surface area contributed by atoms with Crippen LogP contribution in [0.5, 0.6) is 0 Å². The first-order valence-corrected chi connectivity index (χ1v) is 47.1. The molecule has 3 rings (SSSR count). The summed E-state index contributed by atoms with van der Waals surface area (Å²) in [5.74, 6) is -6.13. The number of carbonyl (C=O) groups is 3. The summed E-state index contributed by atoms with van der Waals surface area (Å²) in [7, 11) is 0. The van der Waals surface area contributed by atoms with E-state index in [0.29, 0.717) is 12.8 Å². The van der Waals surface area contributed by atoms with Crippen LogP contribution in [0.1, 0.15) is 412 Å². The molecule has 0 saturated carbocycles. The van der Waals surface area contributed by atoms with Gasteiger partial charge in [-0.3, -0.25) is 9.59 Å². The number of hydrogen-bond acceptors (Lipinski definition) is 20. The van der Waals surface area contributed by atoms with Crippen LogP contribution in [0.3, 0.4) is 0 Å². The summed E-state index contributed by atoms with van der Waals surface area (Å²) in [6.07, 6.45) is 51.4. The Morgan fingerprint density at radius 1 is 0.456 bits per heavy atom. The molecule has 0 aliphatic carbocycles. The number of aliphatic hydroxyl groups excluding tert-OH is 11. The zero-order valence-corrected chi connectivity index (χ0v) is 72.0. The molecule has 23 nitrogen and oxygen atoms in total. The maximum absolute atomic E-state index is 13.6. The van der Waals surface area contributed by atoms with Crippen molar-refractivity contribution in [2.45, 2.75) is 522 Å². The number of rotatable bonds is 77. The quantitative estimate of drug-likeness (QED) is 0.0199. The molecular formula is C91H172N2O21. The Labute approximate surface area is 690 Å². The number of unbranched alkanes of at least 4 members (excludes halogenated alkanes) is 57. The minimum Gasteiger partial charge on any atom is -0.477 e. The number of carbonyl (C=O) groups excluding carboxylic acids is 2. The highest BCUT2D eigenvalue weighted by Gasteiger charge is 2.60. The summed E-state index contributed by atoms with van der Waals surface area (Å²) in [6.45, 7) is 2.23. The van der Waals surface area contributed by atoms with Crippen LogP contribution in [0.2, 0.25) is 0 Å². The molecule has 114 heavy (non-hydrogen) atoms. The lowest BCUT2D eigenvalue weighted by atomic mass is 9.88. The highest BCUT2D eigenvalue weighted by molar-refractivity contribution is 5.77. The van der Waals surface area contributed by atoms with Crippen molar-refractivity contribution in [1.29, 1.82) is 0 Å². The normalized spacial score (nSPS) is 25.1. The van der Waals surface area contributed by atoms with Gasteiger partial charge in [-0.05, 0) is 19.3 Å². The lowest BCUT2D eigenvalue weighted by molar-refractivity contribution is -0.386. The molecule has 672 valence electrons. The van der Waals surface area contributed by atoms with Crippen LogP contribution in [-0.2, 0) is 42.8 Å². The van der Waals surface area contributed by atoms with Gasteiger partial charge < -0.3 is 100 Å². The molecule has 0 aromatic carbocycles. The number of amides is 2.